The van der Waals surface area contributed by atoms with Crippen molar-refractivity contribution in [1.29, 1.82) is 0 Å². The molecule has 0 radical (unpaired) electrons. The summed E-state index contributed by atoms with van der Waals surface area (Å²) in [6.07, 6.45) is 7.96. The molecule has 1 aliphatic heterocycles. The summed E-state index contributed by atoms with van der Waals surface area (Å²) in [4.78, 5) is 0. The first-order valence-corrected chi connectivity index (χ1v) is 6.34. The van der Waals surface area contributed by atoms with Gasteiger partial charge in [0.2, 0.25) is 0 Å². The van der Waals surface area contributed by atoms with E-state index < -0.39 is 5.60 Å². The van der Waals surface area contributed by atoms with Crippen LogP contribution in [0.15, 0.2) is 0 Å². The van der Waals surface area contributed by atoms with Crippen LogP contribution in [0.25, 0.3) is 0 Å². The van der Waals surface area contributed by atoms with Crippen LogP contribution >= 0.6 is 0 Å². The van der Waals surface area contributed by atoms with E-state index in [9.17, 15) is 5.11 Å². The average molecular weight is 212 g/mol. The molecule has 2 heteroatoms. The molecule has 0 bridgehead atoms. The summed E-state index contributed by atoms with van der Waals surface area (Å²) in [7, 11) is 0. The van der Waals surface area contributed by atoms with Gasteiger partial charge in [0.25, 0.3) is 0 Å². The molecular formula is C13H24O2. The minimum Gasteiger partial charge on any atom is -0.387 e. The van der Waals surface area contributed by atoms with E-state index in [0.29, 0.717) is 0 Å². The Morgan fingerprint density at radius 1 is 0.867 bits per heavy atom. The van der Waals surface area contributed by atoms with Gasteiger partial charge in [0.1, 0.15) is 5.60 Å². The molecule has 2 fully saturated rings. The lowest BCUT2D eigenvalue weighted by atomic mass is 9.73. The molecule has 0 aromatic rings. The van der Waals surface area contributed by atoms with Crippen LogP contribution in [0.4, 0.5) is 0 Å². The molecule has 1 saturated carbocycles. The molecule has 1 atom stereocenters. The van der Waals surface area contributed by atoms with Crippen LogP contribution < -0.4 is 0 Å². The lowest BCUT2D eigenvalue weighted by Crippen LogP contribution is -2.47. The second kappa shape index (κ2) is 3.46. The van der Waals surface area contributed by atoms with E-state index in [0.717, 1.165) is 25.7 Å². The monoisotopic (exact) mass is 212 g/mol. The summed E-state index contributed by atoms with van der Waals surface area (Å²) >= 11 is 0. The smallest absolute Gasteiger partial charge is 0.123 e. The number of aliphatic hydroxyl groups is 1. The van der Waals surface area contributed by atoms with Crippen LogP contribution in [0.5, 0.6) is 0 Å². The molecule has 1 saturated heterocycles. The topological polar surface area (TPSA) is 32.8 Å². The van der Waals surface area contributed by atoms with Crippen molar-refractivity contribution >= 4 is 0 Å². The van der Waals surface area contributed by atoms with Crippen molar-refractivity contribution in [2.24, 2.45) is 0 Å². The Labute approximate surface area is 93.0 Å². The molecule has 0 aromatic carbocycles. The number of rotatable bonds is 1. The van der Waals surface area contributed by atoms with Gasteiger partial charge < -0.3 is 9.84 Å². The van der Waals surface area contributed by atoms with Crippen molar-refractivity contribution in [3.05, 3.63) is 0 Å². The van der Waals surface area contributed by atoms with Crippen LogP contribution in [-0.2, 0) is 4.74 Å². The maximum absolute atomic E-state index is 10.8. The quantitative estimate of drug-likeness (QED) is 0.678. The summed E-state index contributed by atoms with van der Waals surface area (Å²) in [6.45, 7) is 6.25. The van der Waals surface area contributed by atoms with Crippen LogP contribution in [0.2, 0.25) is 0 Å². The fraction of sp³-hybridized carbons (Fsp3) is 1.00. The highest BCUT2D eigenvalue weighted by Gasteiger charge is 2.70. The van der Waals surface area contributed by atoms with E-state index in [1.165, 1.54) is 19.3 Å². The predicted molar refractivity (Wildman–Crippen MR) is 60.8 cm³/mol. The lowest BCUT2D eigenvalue weighted by Gasteiger charge is -2.35. The van der Waals surface area contributed by atoms with Crippen LogP contribution in [0.1, 0.15) is 65.7 Å². The number of epoxide rings is 1. The zero-order valence-electron chi connectivity index (χ0n) is 10.3. The zero-order valence-corrected chi connectivity index (χ0v) is 10.3. The molecular weight excluding hydrogens is 188 g/mol. The van der Waals surface area contributed by atoms with Gasteiger partial charge in [-0.05, 0) is 33.6 Å². The van der Waals surface area contributed by atoms with Gasteiger partial charge in [0.15, 0.2) is 0 Å². The number of hydrogen-bond donors (Lipinski definition) is 1. The Balaban J connectivity index is 2.10. The van der Waals surface area contributed by atoms with Gasteiger partial charge in [-0.15, -0.1) is 0 Å². The first-order chi connectivity index (χ1) is 6.91. The Bertz CT molecular complexity index is 239. The van der Waals surface area contributed by atoms with Crippen molar-refractivity contribution in [3.63, 3.8) is 0 Å². The van der Waals surface area contributed by atoms with Gasteiger partial charge in [0, 0.05) is 0 Å². The van der Waals surface area contributed by atoms with Crippen LogP contribution in [-0.4, -0.2) is 21.9 Å². The van der Waals surface area contributed by atoms with E-state index >= 15 is 0 Å². The molecule has 2 rings (SSSR count). The van der Waals surface area contributed by atoms with Crippen molar-refractivity contribution in [2.45, 2.75) is 82.5 Å². The third-order valence-corrected chi connectivity index (χ3v) is 4.64. The summed E-state index contributed by atoms with van der Waals surface area (Å²) in [5.41, 5.74) is -1.03. The molecule has 1 N–H and O–H groups in total. The lowest BCUT2D eigenvalue weighted by molar-refractivity contribution is -0.0510. The van der Waals surface area contributed by atoms with Crippen molar-refractivity contribution < 1.29 is 9.84 Å². The van der Waals surface area contributed by atoms with E-state index in [1.54, 1.807) is 0 Å². The van der Waals surface area contributed by atoms with Gasteiger partial charge in [-0.3, -0.25) is 0 Å². The maximum Gasteiger partial charge on any atom is 0.123 e. The minimum absolute atomic E-state index is 0.138. The molecule has 2 nitrogen and oxygen atoms in total. The third kappa shape index (κ3) is 1.72. The normalized spacial score (nSPS) is 39.2. The van der Waals surface area contributed by atoms with E-state index in [2.05, 4.69) is 20.8 Å². The van der Waals surface area contributed by atoms with Crippen LogP contribution in [0.3, 0.4) is 0 Å². The van der Waals surface area contributed by atoms with Gasteiger partial charge in [-0.25, -0.2) is 0 Å². The SMILES string of the molecule is CC1(C)O[C@]1(C)C1(O)CCCCCCC1. The van der Waals surface area contributed by atoms with Crippen molar-refractivity contribution in [2.75, 3.05) is 0 Å². The molecule has 2 aliphatic rings. The molecule has 0 spiro atoms. The highest BCUT2D eigenvalue weighted by atomic mass is 16.6. The average Bonchev–Trinajstić information content (AvgIpc) is 2.61. The molecule has 0 aromatic heterocycles. The van der Waals surface area contributed by atoms with Crippen molar-refractivity contribution in [3.8, 4) is 0 Å². The minimum atomic E-state index is -0.586. The van der Waals surface area contributed by atoms with E-state index in [-0.39, 0.29) is 11.2 Å². The first kappa shape index (κ1) is 11.4. The zero-order chi connectivity index (χ0) is 11.2. The van der Waals surface area contributed by atoms with Gasteiger partial charge in [-0.1, -0.05) is 32.1 Å². The van der Waals surface area contributed by atoms with Gasteiger partial charge in [-0.2, -0.15) is 0 Å². The van der Waals surface area contributed by atoms with E-state index in [4.69, 9.17) is 4.74 Å². The second-order valence-corrected chi connectivity index (χ2v) is 5.94. The predicted octanol–water partition coefficient (Wildman–Crippen LogP) is 3.03. The largest absolute Gasteiger partial charge is 0.387 e. The second-order valence-electron chi connectivity index (χ2n) is 5.94. The molecule has 0 unspecified atom stereocenters. The number of ether oxygens (including phenoxy) is 1. The summed E-state index contributed by atoms with van der Waals surface area (Å²) in [5, 5.41) is 10.8. The van der Waals surface area contributed by atoms with E-state index in [1.807, 2.05) is 0 Å². The standard InChI is InChI=1S/C13H24O2/c1-11(2)12(3,15-11)13(14)9-7-5-4-6-8-10-13/h14H,4-10H2,1-3H3/t12-/m0/s1. The molecule has 1 aliphatic carbocycles. The van der Waals surface area contributed by atoms with Crippen LogP contribution in [0, 0.1) is 0 Å². The molecule has 0 amide bonds. The Kier molecular flexibility index (Phi) is 2.63. The highest BCUT2D eigenvalue weighted by molar-refractivity contribution is 5.18. The highest BCUT2D eigenvalue weighted by Crippen LogP contribution is 2.57. The Hall–Kier alpha value is -0.0800. The third-order valence-electron chi connectivity index (χ3n) is 4.64. The van der Waals surface area contributed by atoms with Gasteiger partial charge in [0.05, 0.1) is 11.2 Å². The Morgan fingerprint density at radius 2 is 1.27 bits per heavy atom. The number of hydrogen-bond acceptors (Lipinski definition) is 2. The Morgan fingerprint density at radius 3 is 1.67 bits per heavy atom. The van der Waals surface area contributed by atoms with Gasteiger partial charge >= 0.3 is 0 Å². The molecule has 88 valence electrons. The molecule has 1 heterocycles. The molecule has 15 heavy (non-hydrogen) atoms. The summed E-state index contributed by atoms with van der Waals surface area (Å²) in [5.74, 6) is 0. The summed E-state index contributed by atoms with van der Waals surface area (Å²) in [6, 6.07) is 0. The maximum atomic E-state index is 10.8. The fourth-order valence-corrected chi connectivity index (χ4v) is 3.11. The van der Waals surface area contributed by atoms with Crippen molar-refractivity contribution in [1.82, 2.24) is 0 Å². The first-order valence-electron chi connectivity index (χ1n) is 6.34. The fourth-order valence-electron chi connectivity index (χ4n) is 3.11. The summed E-state index contributed by atoms with van der Waals surface area (Å²) < 4.78 is 5.78.